The smallest absolute Gasteiger partial charge is 0.255 e. The van der Waals surface area contributed by atoms with Crippen LogP contribution in [0.4, 0.5) is 5.69 Å². The lowest BCUT2D eigenvalue weighted by Gasteiger charge is -2.10. The predicted octanol–water partition coefficient (Wildman–Crippen LogP) is 3.88. The summed E-state index contributed by atoms with van der Waals surface area (Å²) in [7, 11) is 0. The van der Waals surface area contributed by atoms with Crippen molar-refractivity contribution in [2.75, 3.05) is 31.7 Å². The summed E-state index contributed by atoms with van der Waals surface area (Å²) < 4.78 is 10.8. The minimum absolute atomic E-state index is 0.144. The maximum atomic E-state index is 12.5. The lowest BCUT2D eigenvalue weighted by molar-refractivity contribution is 0.0951. The highest BCUT2D eigenvalue weighted by atomic mass is 16.5. The maximum Gasteiger partial charge on any atom is 0.255 e. The van der Waals surface area contributed by atoms with Crippen LogP contribution < -0.4 is 15.4 Å². The summed E-state index contributed by atoms with van der Waals surface area (Å²) in [5.41, 5.74) is 1.56. The third kappa shape index (κ3) is 7.04. The molecule has 2 amide bonds. The van der Waals surface area contributed by atoms with Crippen molar-refractivity contribution in [2.45, 2.75) is 26.7 Å². The average molecular weight is 384 g/mol. The summed E-state index contributed by atoms with van der Waals surface area (Å²) in [6.07, 6.45) is 1.95. The Morgan fingerprint density at radius 3 is 2.43 bits per heavy atom. The summed E-state index contributed by atoms with van der Waals surface area (Å²) in [5, 5.41) is 5.69. The Labute approximate surface area is 166 Å². The van der Waals surface area contributed by atoms with Gasteiger partial charge in [-0.15, -0.1) is 0 Å². The minimum Gasteiger partial charge on any atom is -0.491 e. The number of hydrogen-bond acceptors (Lipinski definition) is 4. The molecule has 6 heteroatoms. The molecule has 0 saturated carbocycles. The van der Waals surface area contributed by atoms with Crippen LogP contribution in [-0.4, -0.2) is 38.2 Å². The average Bonchev–Trinajstić information content (AvgIpc) is 2.72. The van der Waals surface area contributed by atoms with Crippen molar-refractivity contribution in [3.63, 3.8) is 0 Å². The number of amides is 2. The third-order valence-electron chi connectivity index (χ3n) is 4.00. The van der Waals surface area contributed by atoms with Gasteiger partial charge in [0.1, 0.15) is 12.4 Å². The molecule has 0 aliphatic heterocycles. The molecule has 0 unspecified atom stereocenters. The van der Waals surface area contributed by atoms with E-state index < -0.39 is 0 Å². The maximum absolute atomic E-state index is 12.5. The SMILES string of the molecule is CCCCNC(=O)c1cccc(NC(=O)c2cccc(OCCOCC)c2)c1. The number of carbonyl (C=O) groups excluding carboxylic acids is 2. The molecule has 0 radical (unpaired) electrons. The number of anilines is 1. The van der Waals surface area contributed by atoms with E-state index in [1.165, 1.54) is 0 Å². The molecule has 2 aromatic rings. The van der Waals surface area contributed by atoms with Crippen LogP contribution in [0.15, 0.2) is 48.5 Å². The van der Waals surface area contributed by atoms with E-state index in [4.69, 9.17) is 9.47 Å². The molecule has 28 heavy (non-hydrogen) atoms. The lowest BCUT2D eigenvalue weighted by atomic mass is 10.1. The molecule has 2 aromatic carbocycles. The molecule has 0 fully saturated rings. The van der Waals surface area contributed by atoms with Gasteiger partial charge >= 0.3 is 0 Å². The third-order valence-corrected chi connectivity index (χ3v) is 4.00. The predicted molar refractivity (Wildman–Crippen MR) is 110 cm³/mol. The van der Waals surface area contributed by atoms with E-state index in [1.807, 2.05) is 6.92 Å². The van der Waals surface area contributed by atoms with Gasteiger partial charge in [-0.1, -0.05) is 25.5 Å². The van der Waals surface area contributed by atoms with Crippen molar-refractivity contribution in [2.24, 2.45) is 0 Å². The number of rotatable bonds is 11. The molecule has 0 aliphatic carbocycles. The van der Waals surface area contributed by atoms with Crippen LogP contribution >= 0.6 is 0 Å². The standard InChI is InChI=1S/C22H28N2O4/c1-3-5-12-23-21(25)17-8-6-10-19(15-17)24-22(26)18-9-7-11-20(16-18)28-14-13-27-4-2/h6-11,15-16H,3-5,12-14H2,1-2H3,(H,23,25)(H,24,26). The fourth-order valence-electron chi connectivity index (χ4n) is 2.51. The summed E-state index contributed by atoms with van der Waals surface area (Å²) in [6, 6.07) is 13.9. The van der Waals surface area contributed by atoms with Crippen molar-refractivity contribution in [1.29, 1.82) is 0 Å². The summed E-state index contributed by atoms with van der Waals surface area (Å²) in [4.78, 5) is 24.7. The summed E-state index contributed by atoms with van der Waals surface area (Å²) in [5.74, 6) is 0.199. The molecule has 0 heterocycles. The Kier molecular flexibility index (Phi) is 9.01. The lowest BCUT2D eigenvalue weighted by Crippen LogP contribution is -2.24. The molecule has 0 bridgehead atoms. The zero-order valence-corrected chi connectivity index (χ0v) is 16.5. The molecular weight excluding hydrogens is 356 g/mol. The van der Waals surface area contributed by atoms with Gasteiger partial charge in [0, 0.05) is 30.0 Å². The van der Waals surface area contributed by atoms with Gasteiger partial charge in [0.2, 0.25) is 0 Å². The number of benzene rings is 2. The van der Waals surface area contributed by atoms with E-state index in [2.05, 4.69) is 17.6 Å². The van der Waals surface area contributed by atoms with E-state index in [0.717, 1.165) is 12.8 Å². The molecule has 0 saturated heterocycles. The molecule has 0 spiro atoms. The summed E-state index contributed by atoms with van der Waals surface area (Å²) in [6.45, 7) is 6.20. The topological polar surface area (TPSA) is 76.7 Å². The monoisotopic (exact) mass is 384 g/mol. The van der Waals surface area contributed by atoms with E-state index in [1.54, 1.807) is 48.5 Å². The Bertz CT molecular complexity index is 777. The van der Waals surface area contributed by atoms with Crippen LogP contribution in [0.5, 0.6) is 5.75 Å². The second-order valence-corrected chi connectivity index (χ2v) is 6.22. The highest BCUT2D eigenvalue weighted by Crippen LogP contribution is 2.16. The normalized spacial score (nSPS) is 10.4. The first-order chi connectivity index (χ1) is 13.6. The minimum atomic E-state index is -0.265. The van der Waals surface area contributed by atoms with E-state index in [9.17, 15) is 9.59 Å². The molecule has 0 atom stereocenters. The first-order valence-corrected chi connectivity index (χ1v) is 9.64. The quantitative estimate of drug-likeness (QED) is 0.577. The fourth-order valence-corrected chi connectivity index (χ4v) is 2.51. The van der Waals surface area contributed by atoms with Crippen molar-refractivity contribution < 1.29 is 19.1 Å². The van der Waals surface area contributed by atoms with Crippen LogP contribution in [0.3, 0.4) is 0 Å². The molecule has 0 aliphatic rings. The zero-order valence-electron chi connectivity index (χ0n) is 16.5. The second-order valence-electron chi connectivity index (χ2n) is 6.22. The van der Waals surface area contributed by atoms with Crippen molar-refractivity contribution in [1.82, 2.24) is 5.32 Å². The van der Waals surface area contributed by atoms with E-state index >= 15 is 0 Å². The van der Waals surface area contributed by atoms with Crippen molar-refractivity contribution in [3.8, 4) is 5.75 Å². The zero-order chi connectivity index (χ0) is 20.2. The highest BCUT2D eigenvalue weighted by Gasteiger charge is 2.10. The van der Waals surface area contributed by atoms with Gasteiger partial charge in [0.25, 0.3) is 11.8 Å². The molecule has 6 nitrogen and oxygen atoms in total. The molecular formula is C22H28N2O4. The summed E-state index contributed by atoms with van der Waals surface area (Å²) >= 11 is 0. The van der Waals surface area contributed by atoms with Crippen LogP contribution in [0.2, 0.25) is 0 Å². The first-order valence-electron chi connectivity index (χ1n) is 9.64. The van der Waals surface area contributed by atoms with Crippen LogP contribution in [-0.2, 0) is 4.74 Å². The van der Waals surface area contributed by atoms with Gasteiger partial charge in [0.15, 0.2) is 0 Å². The molecule has 0 aromatic heterocycles. The number of hydrogen-bond donors (Lipinski definition) is 2. The van der Waals surface area contributed by atoms with Gasteiger partial charge in [-0.3, -0.25) is 9.59 Å². The van der Waals surface area contributed by atoms with Crippen molar-refractivity contribution in [3.05, 3.63) is 59.7 Å². The number of carbonyl (C=O) groups is 2. The van der Waals surface area contributed by atoms with E-state index in [-0.39, 0.29) is 11.8 Å². The molecule has 150 valence electrons. The van der Waals surface area contributed by atoms with Gasteiger partial charge in [-0.2, -0.15) is 0 Å². The number of nitrogens with one attached hydrogen (secondary N) is 2. The Hall–Kier alpha value is -2.86. The molecule has 2 rings (SSSR count). The Morgan fingerprint density at radius 2 is 1.68 bits per heavy atom. The van der Waals surface area contributed by atoms with Crippen molar-refractivity contribution >= 4 is 17.5 Å². The van der Waals surface area contributed by atoms with E-state index in [0.29, 0.717) is 48.9 Å². The van der Waals surface area contributed by atoms with Crippen LogP contribution in [0.25, 0.3) is 0 Å². The second kappa shape index (κ2) is 11.8. The van der Waals surface area contributed by atoms with Gasteiger partial charge in [-0.05, 0) is 49.7 Å². The number of ether oxygens (including phenoxy) is 2. The first kappa shape index (κ1) is 21.4. The largest absolute Gasteiger partial charge is 0.491 e. The fraction of sp³-hybridized carbons (Fsp3) is 0.364. The van der Waals surface area contributed by atoms with Gasteiger partial charge in [-0.25, -0.2) is 0 Å². The van der Waals surface area contributed by atoms with Crippen LogP contribution in [0, 0.1) is 0 Å². The van der Waals surface area contributed by atoms with Gasteiger partial charge in [0.05, 0.1) is 6.61 Å². The molecule has 2 N–H and O–H groups in total. The van der Waals surface area contributed by atoms with Crippen LogP contribution in [0.1, 0.15) is 47.4 Å². The highest BCUT2D eigenvalue weighted by molar-refractivity contribution is 6.05. The Balaban J connectivity index is 1.97. The van der Waals surface area contributed by atoms with Gasteiger partial charge < -0.3 is 20.1 Å². The number of unbranched alkanes of at least 4 members (excludes halogenated alkanes) is 1. The Morgan fingerprint density at radius 1 is 0.929 bits per heavy atom.